The highest BCUT2D eigenvalue weighted by Gasteiger charge is 2.21. The van der Waals surface area contributed by atoms with Crippen molar-refractivity contribution in [1.82, 2.24) is 14.9 Å². The fraction of sp³-hybridized carbons (Fsp3) is 0.444. The second-order valence-corrected chi connectivity index (χ2v) is 5.93. The number of aromatic nitrogens is 2. The minimum Gasteiger partial charge on any atom is -0.366 e. The molecule has 8 heteroatoms. The number of halogens is 2. The number of unbranched alkanes of at least 4 members (excludes halogenated alkanes) is 1. The average Bonchev–Trinajstić information content (AvgIpc) is 3.09. The van der Waals surface area contributed by atoms with Crippen LogP contribution in [-0.2, 0) is 16.1 Å². The van der Waals surface area contributed by atoms with Crippen LogP contribution in [0.4, 0.5) is 5.69 Å². The number of amides is 1. The molecule has 1 fully saturated rings. The Balaban J connectivity index is 0.00000169. The summed E-state index contributed by atoms with van der Waals surface area (Å²) in [5.74, 6) is 0.809. The highest BCUT2D eigenvalue weighted by atomic mass is 35.5. The number of carbonyl (C=O) groups excluding carboxylic acids is 1. The molecule has 144 valence electrons. The molecule has 1 amide bonds. The van der Waals surface area contributed by atoms with Gasteiger partial charge in [-0.2, -0.15) is 0 Å². The lowest BCUT2D eigenvalue weighted by atomic mass is 10.1. The van der Waals surface area contributed by atoms with Gasteiger partial charge in [0.15, 0.2) is 0 Å². The third-order valence-corrected chi connectivity index (χ3v) is 4.08. The Bertz CT molecular complexity index is 687. The number of hydrogen-bond acceptors (Lipinski definition) is 4. The van der Waals surface area contributed by atoms with Gasteiger partial charge in [-0.1, -0.05) is 25.5 Å². The van der Waals surface area contributed by atoms with Crippen LogP contribution in [0, 0.1) is 0 Å². The predicted octanol–water partition coefficient (Wildman–Crippen LogP) is 3.12. The lowest BCUT2D eigenvalue weighted by molar-refractivity contribution is -0.128. The van der Waals surface area contributed by atoms with Crippen molar-refractivity contribution < 1.29 is 9.53 Å². The molecule has 0 aliphatic carbocycles. The van der Waals surface area contributed by atoms with E-state index in [2.05, 4.69) is 27.1 Å². The SMILES string of the molecule is CCCCn1ccnc1-c1cccc(NC(=O)C2CNCCO2)c1.Cl.Cl. The van der Waals surface area contributed by atoms with Crippen molar-refractivity contribution in [1.29, 1.82) is 0 Å². The number of ether oxygens (including phenoxy) is 1. The van der Waals surface area contributed by atoms with Gasteiger partial charge >= 0.3 is 0 Å². The van der Waals surface area contributed by atoms with Crippen LogP contribution in [0.25, 0.3) is 11.4 Å². The number of aryl methyl sites for hydroxylation is 1. The zero-order chi connectivity index (χ0) is 16.8. The monoisotopic (exact) mass is 400 g/mol. The fourth-order valence-electron chi connectivity index (χ4n) is 2.77. The Hall–Kier alpha value is -1.60. The maximum absolute atomic E-state index is 12.3. The van der Waals surface area contributed by atoms with Gasteiger partial charge in [-0.25, -0.2) is 4.98 Å². The maximum Gasteiger partial charge on any atom is 0.254 e. The molecule has 3 rings (SSSR count). The number of hydrogen-bond donors (Lipinski definition) is 2. The molecule has 2 aromatic rings. The van der Waals surface area contributed by atoms with Crippen LogP contribution in [0.15, 0.2) is 36.7 Å². The van der Waals surface area contributed by atoms with Crippen LogP contribution in [0.3, 0.4) is 0 Å². The summed E-state index contributed by atoms with van der Waals surface area (Å²) >= 11 is 0. The minimum absolute atomic E-state index is 0. The summed E-state index contributed by atoms with van der Waals surface area (Å²) in [6.45, 7) is 5.03. The Morgan fingerprint density at radius 2 is 2.27 bits per heavy atom. The third kappa shape index (κ3) is 5.71. The zero-order valence-electron chi connectivity index (χ0n) is 14.8. The summed E-state index contributed by atoms with van der Waals surface area (Å²) in [6, 6.07) is 7.79. The quantitative estimate of drug-likeness (QED) is 0.781. The van der Waals surface area contributed by atoms with Crippen molar-refractivity contribution in [3.05, 3.63) is 36.7 Å². The molecule has 1 saturated heterocycles. The van der Waals surface area contributed by atoms with E-state index in [1.54, 1.807) is 0 Å². The number of anilines is 1. The largest absolute Gasteiger partial charge is 0.366 e. The first-order chi connectivity index (χ1) is 11.8. The van der Waals surface area contributed by atoms with Crippen molar-refractivity contribution in [2.75, 3.05) is 25.0 Å². The molecule has 6 nitrogen and oxygen atoms in total. The van der Waals surface area contributed by atoms with Crippen LogP contribution in [0.5, 0.6) is 0 Å². The molecule has 1 unspecified atom stereocenters. The molecule has 0 bridgehead atoms. The first-order valence-corrected chi connectivity index (χ1v) is 8.52. The second kappa shape index (κ2) is 11.2. The lowest BCUT2D eigenvalue weighted by Crippen LogP contribution is -2.45. The second-order valence-electron chi connectivity index (χ2n) is 5.93. The molecule has 0 spiro atoms. The number of carbonyl (C=O) groups is 1. The average molecular weight is 401 g/mol. The predicted molar refractivity (Wildman–Crippen MR) is 108 cm³/mol. The molecule has 2 N–H and O–H groups in total. The standard InChI is InChI=1S/C18H24N4O2.2ClH/c1-2-3-9-22-10-7-20-17(22)14-5-4-6-15(12-14)21-18(23)16-13-19-8-11-24-16;;/h4-7,10,12,16,19H,2-3,8-9,11,13H2,1H3,(H,21,23);2*1H. The van der Waals surface area contributed by atoms with E-state index in [-0.39, 0.29) is 30.7 Å². The summed E-state index contributed by atoms with van der Waals surface area (Å²) in [5.41, 5.74) is 1.76. The van der Waals surface area contributed by atoms with Crippen molar-refractivity contribution in [2.45, 2.75) is 32.4 Å². The number of nitrogens with zero attached hydrogens (tertiary/aromatic N) is 2. The molecule has 26 heavy (non-hydrogen) atoms. The van der Waals surface area contributed by atoms with E-state index >= 15 is 0 Å². The molecule has 1 aromatic heterocycles. The van der Waals surface area contributed by atoms with Crippen LogP contribution >= 0.6 is 24.8 Å². The summed E-state index contributed by atoms with van der Waals surface area (Å²) in [6.07, 6.45) is 5.64. The van der Waals surface area contributed by atoms with Gasteiger partial charge in [0.2, 0.25) is 0 Å². The molecular formula is C18H26Cl2N4O2. The smallest absolute Gasteiger partial charge is 0.254 e. The first kappa shape index (κ1) is 22.4. The zero-order valence-corrected chi connectivity index (χ0v) is 16.4. The summed E-state index contributed by atoms with van der Waals surface area (Å²) < 4.78 is 7.64. The van der Waals surface area contributed by atoms with Gasteiger partial charge in [-0.05, 0) is 18.6 Å². The number of imidazole rings is 1. The van der Waals surface area contributed by atoms with E-state index in [4.69, 9.17) is 4.74 Å². The number of rotatable bonds is 6. The van der Waals surface area contributed by atoms with Crippen molar-refractivity contribution in [3.63, 3.8) is 0 Å². The molecule has 1 aliphatic rings. The highest BCUT2D eigenvalue weighted by Crippen LogP contribution is 2.22. The van der Waals surface area contributed by atoms with Gasteiger partial charge in [0.25, 0.3) is 5.91 Å². The fourth-order valence-corrected chi connectivity index (χ4v) is 2.77. The van der Waals surface area contributed by atoms with Crippen LogP contribution in [0.2, 0.25) is 0 Å². The van der Waals surface area contributed by atoms with E-state index < -0.39 is 6.10 Å². The van der Waals surface area contributed by atoms with Crippen LogP contribution < -0.4 is 10.6 Å². The van der Waals surface area contributed by atoms with Crippen molar-refractivity contribution in [3.8, 4) is 11.4 Å². The van der Waals surface area contributed by atoms with Crippen molar-refractivity contribution in [2.24, 2.45) is 0 Å². The van der Waals surface area contributed by atoms with E-state index in [0.29, 0.717) is 13.2 Å². The molecule has 0 radical (unpaired) electrons. The van der Waals surface area contributed by atoms with Gasteiger partial charge < -0.3 is 19.9 Å². The molecule has 2 heterocycles. The summed E-state index contributed by atoms with van der Waals surface area (Å²) in [5, 5.41) is 6.10. The number of nitrogens with one attached hydrogen (secondary N) is 2. The van der Waals surface area contributed by atoms with Gasteiger partial charge in [-0.3, -0.25) is 4.79 Å². The lowest BCUT2D eigenvalue weighted by Gasteiger charge is -2.22. The minimum atomic E-state index is -0.436. The Morgan fingerprint density at radius 1 is 1.42 bits per heavy atom. The highest BCUT2D eigenvalue weighted by molar-refractivity contribution is 5.94. The van der Waals surface area contributed by atoms with Crippen molar-refractivity contribution >= 4 is 36.4 Å². The Kier molecular flexibility index (Phi) is 9.65. The number of morpholine rings is 1. The van der Waals surface area contributed by atoms with E-state index in [0.717, 1.165) is 43.0 Å². The van der Waals surface area contributed by atoms with Gasteiger partial charge in [0.1, 0.15) is 11.9 Å². The van der Waals surface area contributed by atoms with E-state index in [1.807, 2.05) is 36.7 Å². The molecule has 0 saturated carbocycles. The van der Waals surface area contributed by atoms with E-state index in [1.165, 1.54) is 0 Å². The van der Waals surface area contributed by atoms with Crippen LogP contribution in [0.1, 0.15) is 19.8 Å². The summed E-state index contributed by atoms with van der Waals surface area (Å²) in [7, 11) is 0. The summed E-state index contributed by atoms with van der Waals surface area (Å²) in [4.78, 5) is 16.7. The van der Waals surface area contributed by atoms with Gasteiger partial charge in [0, 0.05) is 43.3 Å². The van der Waals surface area contributed by atoms with E-state index in [9.17, 15) is 4.79 Å². The van der Waals surface area contributed by atoms with Crippen LogP contribution in [-0.4, -0.2) is 41.3 Å². The van der Waals surface area contributed by atoms with Gasteiger partial charge in [-0.15, -0.1) is 24.8 Å². The molecule has 1 atom stereocenters. The normalized spacial score (nSPS) is 16.3. The Morgan fingerprint density at radius 3 is 3.00 bits per heavy atom. The third-order valence-electron chi connectivity index (χ3n) is 4.08. The maximum atomic E-state index is 12.3. The molecular weight excluding hydrogens is 375 g/mol. The van der Waals surface area contributed by atoms with Gasteiger partial charge in [0.05, 0.1) is 6.61 Å². The number of benzene rings is 1. The Labute approximate surface area is 166 Å². The topological polar surface area (TPSA) is 68.2 Å². The first-order valence-electron chi connectivity index (χ1n) is 8.52. The molecule has 1 aliphatic heterocycles. The molecule has 1 aromatic carbocycles.